The molecular weight excluding hydrogens is 240 g/mol. The minimum Gasteiger partial charge on any atom is -0.392 e. The first-order valence-corrected chi connectivity index (χ1v) is 6.73. The molecule has 0 saturated heterocycles. The van der Waals surface area contributed by atoms with Crippen molar-refractivity contribution in [1.29, 1.82) is 0 Å². The Morgan fingerprint density at radius 3 is 2.61 bits per heavy atom. The molecule has 0 aromatic heterocycles. The molecule has 18 heavy (non-hydrogen) atoms. The maximum Gasteiger partial charge on any atom is 0.0682 e. The molecule has 0 fully saturated rings. The Labute approximate surface area is 112 Å². The Kier molecular flexibility index (Phi) is 4.89. The summed E-state index contributed by atoms with van der Waals surface area (Å²) in [6.07, 6.45) is 0. The van der Waals surface area contributed by atoms with E-state index in [1.54, 1.807) is 11.8 Å². The standard InChI is InChI=1S/C16H14OS/c17-13-15-8-4-10-16(12-15)18-11-5-9-14-6-2-1-3-7-14/h1-4,6-8,10,12,17H,11,13H2. The average molecular weight is 254 g/mol. The lowest BCUT2D eigenvalue weighted by atomic mass is 10.2. The minimum absolute atomic E-state index is 0.0874. The predicted octanol–water partition coefficient (Wildman–Crippen LogP) is 3.32. The molecule has 2 heteroatoms. The molecule has 0 radical (unpaired) electrons. The molecule has 0 spiro atoms. The number of aliphatic hydroxyl groups excluding tert-OH is 1. The highest BCUT2D eigenvalue weighted by molar-refractivity contribution is 7.99. The zero-order chi connectivity index (χ0) is 12.6. The van der Waals surface area contributed by atoms with Crippen LogP contribution in [0.4, 0.5) is 0 Å². The lowest BCUT2D eigenvalue weighted by molar-refractivity contribution is 0.281. The number of benzene rings is 2. The number of hydrogen-bond donors (Lipinski definition) is 1. The van der Waals surface area contributed by atoms with Gasteiger partial charge in [0.2, 0.25) is 0 Å². The summed E-state index contributed by atoms with van der Waals surface area (Å²) in [5, 5.41) is 9.05. The molecule has 0 bridgehead atoms. The zero-order valence-corrected chi connectivity index (χ0v) is 10.8. The summed E-state index contributed by atoms with van der Waals surface area (Å²) in [6.45, 7) is 0.0874. The third-order valence-corrected chi connectivity index (χ3v) is 3.27. The van der Waals surface area contributed by atoms with Gasteiger partial charge in [-0.05, 0) is 29.8 Å². The van der Waals surface area contributed by atoms with Crippen molar-refractivity contribution in [1.82, 2.24) is 0 Å². The third kappa shape index (κ3) is 3.96. The van der Waals surface area contributed by atoms with Crippen molar-refractivity contribution in [2.75, 3.05) is 5.75 Å². The van der Waals surface area contributed by atoms with E-state index in [0.717, 1.165) is 21.8 Å². The van der Waals surface area contributed by atoms with E-state index in [4.69, 9.17) is 5.11 Å². The lowest BCUT2D eigenvalue weighted by Crippen LogP contribution is -1.83. The van der Waals surface area contributed by atoms with E-state index < -0.39 is 0 Å². The Morgan fingerprint density at radius 1 is 1.00 bits per heavy atom. The molecule has 0 amide bonds. The molecule has 2 aromatic rings. The van der Waals surface area contributed by atoms with Gasteiger partial charge in [0.25, 0.3) is 0 Å². The minimum atomic E-state index is 0.0874. The van der Waals surface area contributed by atoms with Gasteiger partial charge in [-0.3, -0.25) is 0 Å². The highest BCUT2D eigenvalue weighted by atomic mass is 32.2. The van der Waals surface area contributed by atoms with Crippen molar-refractivity contribution in [3.8, 4) is 11.8 Å². The van der Waals surface area contributed by atoms with Crippen molar-refractivity contribution < 1.29 is 5.11 Å². The normalized spacial score (nSPS) is 9.61. The molecule has 0 heterocycles. The molecule has 2 rings (SSSR count). The second-order valence-corrected chi connectivity index (χ2v) is 4.81. The van der Waals surface area contributed by atoms with Gasteiger partial charge in [-0.2, -0.15) is 0 Å². The van der Waals surface area contributed by atoms with Crippen LogP contribution in [0.5, 0.6) is 0 Å². The van der Waals surface area contributed by atoms with Gasteiger partial charge in [0.05, 0.1) is 12.4 Å². The number of thioether (sulfide) groups is 1. The first-order chi connectivity index (χ1) is 8.88. The Bertz CT molecular complexity index is 552. The monoisotopic (exact) mass is 254 g/mol. The number of hydrogen-bond acceptors (Lipinski definition) is 2. The molecule has 90 valence electrons. The van der Waals surface area contributed by atoms with Crippen LogP contribution in [-0.4, -0.2) is 10.9 Å². The summed E-state index contributed by atoms with van der Waals surface area (Å²) in [5.41, 5.74) is 1.98. The summed E-state index contributed by atoms with van der Waals surface area (Å²) >= 11 is 1.68. The summed E-state index contributed by atoms with van der Waals surface area (Å²) in [5.74, 6) is 7.02. The Balaban J connectivity index is 1.91. The van der Waals surface area contributed by atoms with Gasteiger partial charge in [-0.25, -0.2) is 0 Å². The molecular formula is C16H14OS. The van der Waals surface area contributed by atoms with Gasteiger partial charge >= 0.3 is 0 Å². The van der Waals surface area contributed by atoms with E-state index in [1.165, 1.54) is 0 Å². The first-order valence-electron chi connectivity index (χ1n) is 5.75. The largest absolute Gasteiger partial charge is 0.392 e. The molecule has 0 atom stereocenters. The highest BCUT2D eigenvalue weighted by Crippen LogP contribution is 2.18. The van der Waals surface area contributed by atoms with E-state index in [2.05, 4.69) is 11.8 Å². The number of rotatable bonds is 3. The van der Waals surface area contributed by atoms with Gasteiger partial charge in [-0.1, -0.05) is 42.2 Å². The van der Waals surface area contributed by atoms with Gasteiger partial charge in [-0.15, -0.1) is 11.8 Å². The quantitative estimate of drug-likeness (QED) is 0.670. The van der Waals surface area contributed by atoms with E-state index >= 15 is 0 Å². The first kappa shape index (κ1) is 12.8. The van der Waals surface area contributed by atoms with Crippen molar-refractivity contribution in [3.63, 3.8) is 0 Å². The maximum absolute atomic E-state index is 9.05. The fourth-order valence-corrected chi connectivity index (χ4v) is 2.23. The van der Waals surface area contributed by atoms with Crippen LogP contribution in [0.2, 0.25) is 0 Å². The van der Waals surface area contributed by atoms with Crippen molar-refractivity contribution >= 4 is 11.8 Å². The molecule has 1 nitrogen and oxygen atoms in total. The second kappa shape index (κ2) is 6.90. The van der Waals surface area contributed by atoms with Crippen LogP contribution < -0.4 is 0 Å². The molecule has 2 aromatic carbocycles. The van der Waals surface area contributed by atoms with Crippen molar-refractivity contribution in [3.05, 3.63) is 65.7 Å². The van der Waals surface area contributed by atoms with Gasteiger partial charge in [0, 0.05) is 10.5 Å². The topological polar surface area (TPSA) is 20.2 Å². The maximum atomic E-state index is 9.05. The van der Waals surface area contributed by atoms with Gasteiger partial charge in [0.15, 0.2) is 0 Å². The van der Waals surface area contributed by atoms with Gasteiger partial charge < -0.3 is 5.11 Å². The molecule has 0 aliphatic carbocycles. The van der Waals surface area contributed by atoms with Crippen LogP contribution in [-0.2, 0) is 6.61 Å². The van der Waals surface area contributed by atoms with Crippen LogP contribution in [0, 0.1) is 11.8 Å². The van der Waals surface area contributed by atoms with E-state index in [1.807, 2.05) is 54.6 Å². The number of aliphatic hydroxyl groups is 1. The van der Waals surface area contributed by atoms with Crippen LogP contribution in [0.25, 0.3) is 0 Å². The predicted molar refractivity (Wildman–Crippen MR) is 76.4 cm³/mol. The van der Waals surface area contributed by atoms with Crippen molar-refractivity contribution in [2.24, 2.45) is 0 Å². The summed E-state index contributed by atoms with van der Waals surface area (Å²) in [4.78, 5) is 1.14. The highest BCUT2D eigenvalue weighted by Gasteiger charge is 1.94. The smallest absolute Gasteiger partial charge is 0.0682 e. The van der Waals surface area contributed by atoms with Crippen LogP contribution in [0.1, 0.15) is 11.1 Å². The molecule has 1 N–H and O–H groups in total. The second-order valence-electron chi connectivity index (χ2n) is 3.76. The third-order valence-electron chi connectivity index (χ3n) is 2.40. The SMILES string of the molecule is OCc1cccc(SCC#Cc2ccccc2)c1. The fraction of sp³-hybridized carbons (Fsp3) is 0.125. The average Bonchev–Trinajstić information content (AvgIpc) is 2.45. The summed E-state index contributed by atoms with van der Waals surface area (Å²) in [6, 6.07) is 17.9. The fourth-order valence-electron chi connectivity index (χ4n) is 1.51. The Morgan fingerprint density at radius 2 is 1.83 bits per heavy atom. The zero-order valence-electron chi connectivity index (χ0n) is 9.97. The van der Waals surface area contributed by atoms with Gasteiger partial charge in [0.1, 0.15) is 0 Å². The van der Waals surface area contributed by atoms with E-state index in [0.29, 0.717) is 0 Å². The summed E-state index contributed by atoms with van der Waals surface area (Å²) in [7, 11) is 0. The molecule has 0 aliphatic rings. The Hall–Kier alpha value is -1.69. The molecule has 0 unspecified atom stereocenters. The summed E-state index contributed by atoms with van der Waals surface area (Å²) < 4.78 is 0. The van der Waals surface area contributed by atoms with Crippen LogP contribution >= 0.6 is 11.8 Å². The molecule has 0 saturated carbocycles. The van der Waals surface area contributed by atoms with Crippen molar-refractivity contribution in [2.45, 2.75) is 11.5 Å². The van der Waals surface area contributed by atoms with E-state index in [9.17, 15) is 0 Å². The van der Waals surface area contributed by atoms with Crippen LogP contribution in [0.3, 0.4) is 0 Å². The van der Waals surface area contributed by atoms with E-state index in [-0.39, 0.29) is 6.61 Å². The molecule has 0 aliphatic heterocycles. The van der Waals surface area contributed by atoms with Crippen LogP contribution in [0.15, 0.2) is 59.5 Å². The lowest BCUT2D eigenvalue weighted by Gasteiger charge is -1.99.